The van der Waals surface area contributed by atoms with Crippen LogP contribution in [0.25, 0.3) is 0 Å². The molecule has 1 aromatic carbocycles. The molecule has 1 aromatic rings. The first kappa shape index (κ1) is 8.30. The molecule has 1 atom stereocenters. The van der Waals surface area contributed by atoms with Gasteiger partial charge in [0.05, 0.1) is 6.04 Å². The van der Waals surface area contributed by atoms with Crippen LogP contribution in [0, 0.1) is 0 Å². The van der Waals surface area contributed by atoms with Crippen molar-refractivity contribution >= 4 is 12.0 Å². The number of anilines is 1. The molecule has 1 fully saturated rings. The van der Waals surface area contributed by atoms with Gasteiger partial charge < -0.3 is 9.69 Å². The smallest absolute Gasteiger partial charge is 0.142 e. The van der Waals surface area contributed by atoms with Gasteiger partial charge in [-0.1, -0.05) is 18.2 Å². The van der Waals surface area contributed by atoms with Crippen LogP contribution in [0.3, 0.4) is 0 Å². The molecule has 68 valence electrons. The standard InChI is InChI=1S/C11H13NO/c13-9-11-7-4-8-12(11)10-5-2-1-3-6-10/h1-3,5-6,9,11H,4,7-8H2/t11-/m0/s1. The van der Waals surface area contributed by atoms with Crippen molar-refractivity contribution in [2.75, 3.05) is 11.4 Å². The second-order valence-electron chi connectivity index (χ2n) is 3.37. The first-order chi connectivity index (χ1) is 6.42. The van der Waals surface area contributed by atoms with Crippen molar-refractivity contribution in [3.63, 3.8) is 0 Å². The van der Waals surface area contributed by atoms with Gasteiger partial charge in [-0.2, -0.15) is 0 Å². The lowest BCUT2D eigenvalue weighted by Gasteiger charge is -2.22. The highest BCUT2D eigenvalue weighted by atomic mass is 16.1. The van der Waals surface area contributed by atoms with Crippen LogP contribution in [0.1, 0.15) is 12.8 Å². The maximum absolute atomic E-state index is 10.7. The molecule has 1 aliphatic rings. The minimum atomic E-state index is 0.0994. The van der Waals surface area contributed by atoms with Gasteiger partial charge in [0.1, 0.15) is 6.29 Å². The zero-order valence-corrected chi connectivity index (χ0v) is 7.52. The molecule has 0 spiro atoms. The number of nitrogens with zero attached hydrogens (tertiary/aromatic N) is 1. The molecule has 0 N–H and O–H groups in total. The van der Waals surface area contributed by atoms with Crippen LogP contribution < -0.4 is 4.90 Å². The quantitative estimate of drug-likeness (QED) is 0.639. The Kier molecular flexibility index (Phi) is 2.30. The Morgan fingerprint density at radius 2 is 2.08 bits per heavy atom. The van der Waals surface area contributed by atoms with Crippen LogP contribution in [-0.2, 0) is 4.79 Å². The van der Waals surface area contributed by atoms with Gasteiger partial charge in [0.2, 0.25) is 0 Å². The van der Waals surface area contributed by atoms with Crippen LogP contribution in [-0.4, -0.2) is 18.9 Å². The van der Waals surface area contributed by atoms with Crippen LogP contribution in [0.4, 0.5) is 5.69 Å². The number of carbonyl (C=O) groups excluding carboxylic acids is 1. The summed E-state index contributed by atoms with van der Waals surface area (Å²) in [7, 11) is 0. The van der Waals surface area contributed by atoms with Gasteiger partial charge in [-0.15, -0.1) is 0 Å². The predicted molar refractivity (Wildman–Crippen MR) is 52.9 cm³/mol. The van der Waals surface area contributed by atoms with Crippen LogP contribution >= 0.6 is 0 Å². The van der Waals surface area contributed by atoms with Crippen molar-refractivity contribution in [2.24, 2.45) is 0 Å². The van der Waals surface area contributed by atoms with Gasteiger partial charge in [0, 0.05) is 12.2 Å². The highest BCUT2D eigenvalue weighted by Gasteiger charge is 2.23. The van der Waals surface area contributed by atoms with E-state index in [0.717, 1.165) is 31.4 Å². The Labute approximate surface area is 78.2 Å². The fourth-order valence-corrected chi connectivity index (χ4v) is 1.87. The summed E-state index contributed by atoms with van der Waals surface area (Å²) in [6.45, 7) is 1.01. The van der Waals surface area contributed by atoms with Crippen LogP contribution in [0.5, 0.6) is 0 Å². The average molecular weight is 175 g/mol. The Balaban J connectivity index is 2.21. The van der Waals surface area contributed by atoms with E-state index in [-0.39, 0.29) is 6.04 Å². The Hall–Kier alpha value is -1.31. The number of carbonyl (C=O) groups is 1. The summed E-state index contributed by atoms with van der Waals surface area (Å²) in [5, 5.41) is 0. The summed E-state index contributed by atoms with van der Waals surface area (Å²) < 4.78 is 0. The largest absolute Gasteiger partial charge is 0.362 e. The highest BCUT2D eigenvalue weighted by Crippen LogP contribution is 2.23. The molecule has 1 heterocycles. The van der Waals surface area contributed by atoms with Gasteiger partial charge in [-0.05, 0) is 25.0 Å². The molecule has 0 amide bonds. The van der Waals surface area contributed by atoms with E-state index < -0.39 is 0 Å². The summed E-state index contributed by atoms with van der Waals surface area (Å²) in [6, 6.07) is 10.2. The molecule has 0 bridgehead atoms. The van der Waals surface area contributed by atoms with Crippen LogP contribution in [0.2, 0.25) is 0 Å². The van der Waals surface area contributed by atoms with E-state index >= 15 is 0 Å². The van der Waals surface area contributed by atoms with Crippen molar-refractivity contribution in [3.05, 3.63) is 30.3 Å². The molecule has 0 unspecified atom stereocenters. The number of hydrogen-bond donors (Lipinski definition) is 0. The highest BCUT2D eigenvalue weighted by molar-refractivity contribution is 5.67. The van der Waals surface area contributed by atoms with Gasteiger partial charge in [-0.25, -0.2) is 0 Å². The molecule has 13 heavy (non-hydrogen) atoms. The number of aldehydes is 1. The number of rotatable bonds is 2. The van der Waals surface area contributed by atoms with Crippen molar-refractivity contribution in [1.82, 2.24) is 0 Å². The molecule has 2 rings (SSSR count). The SMILES string of the molecule is O=C[C@@H]1CCCN1c1ccccc1. The number of para-hydroxylation sites is 1. The zero-order chi connectivity index (χ0) is 9.10. The molecule has 1 aliphatic heterocycles. The van der Waals surface area contributed by atoms with Gasteiger partial charge in [0.15, 0.2) is 0 Å². The van der Waals surface area contributed by atoms with E-state index in [9.17, 15) is 4.79 Å². The average Bonchev–Trinajstić information content (AvgIpc) is 2.67. The second-order valence-corrected chi connectivity index (χ2v) is 3.37. The molecule has 0 aliphatic carbocycles. The lowest BCUT2D eigenvalue weighted by molar-refractivity contribution is -0.108. The summed E-state index contributed by atoms with van der Waals surface area (Å²) >= 11 is 0. The van der Waals surface area contributed by atoms with Gasteiger partial charge in [-0.3, -0.25) is 0 Å². The zero-order valence-electron chi connectivity index (χ0n) is 7.52. The Morgan fingerprint density at radius 3 is 2.77 bits per heavy atom. The molecule has 0 aromatic heterocycles. The molecular formula is C11H13NO. The second kappa shape index (κ2) is 3.60. The minimum absolute atomic E-state index is 0.0994. The van der Waals surface area contributed by atoms with Crippen molar-refractivity contribution in [3.8, 4) is 0 Å². The predicted octanol–water partition coefficient (Wildman–Crippen LogP) is 1.85. The molecule has 2 heteroatoms. The third-order valence-corrected chi connectivity index (χ3v) is 2.54. The fraction of sp³-hybridized carbons (Fsp3) is 0.364. The summed E-state index contributed by atoms with van der Waals surface area (Å²) in [6.07, 6.45) is 3.18. The lowest BCUT2D eigenvalue weighted by atomic mass is 10.2. The van der Waals surface area contributed by atoms with Crippen molar-refractivity contribution in [1.29, 1.82) is 0 Å². The number of hydrogen-bond acceptors (Lipinski definition) is 2. The van der Waals surface area contributed by atoms with E-state index in [0.29, 0.717) is 0 Å². The van der Waals surface area contributed by atoms with Crippen LogP contribution in [0.15, 0.2) is 30.3 Å². The summed E-state index contributed by atoms with van der Waals surface area (Å²) in [4.78, 5) is 12.9. The third kappa shape index (κ3) is 1.57. The molecule has 2 nitrogen and oxygen atoms in total. The molecular weight excluding hydrogens is 162 g/mol. The minimum Gasteiger partial charge on any atom is -0.362 e. The van der Waals surface area contributed by atoms with E-state index in [1.165, 1.54) is 0 Å². The van der Waals surface area contributed by atoms with Crippen molar-refractivity contribution < 1.29 is 4.79 Å². The molecule has 1 saturated heterocycles. The van der Waals surface area contributed by atoms with Crippen molar-refractivity contribution in [2.45, 2.75) is 18.9 Å². The first-order valence-corrected chi connectivity index (χ1v) is 4.69. The monoisotopic (exact) mass is 175 g/mol. The van der Waals surface area contributed by atoms with E-state index in [4.69, 9.17) is 0 Å². The Bertz CT molecular complexity index is 283. The molecule has 0 radical (unpaired) electrons. The van der Waals surface area contributed by atoms with Gasteiger partial charge in [0.25, 0.3) is 0 Å². The lowest BCUT2D eigenvalue weighted by Crippen LogP contribution is -2.29. The summed E-state index contributed by atoms with van der Waals surface area (Å²) in [5.41, 5.74) is 1.16. The maximum atomic E-state index is 10.7. The van der Waals surface area contributed by atoms with E-state index in [1.54, 1.807) is 0 Å². The van der Waals surface area contributed by atoms with E-state index in [2.05, 4.69) is 17.0 Å². The molecule has 0 saturated carbocycles. The normalized spacial score (nSPS) is 21.8. The number of benzene rings is 1. The summed E-state index contributed by atoms with van der Waals surface area (Å²) in [5.74, 6) is 0. The maximum Gasteiger partial charge on any atom is 0.142 e. The van der Waals surface area contributed by atoms with Gasteiger partial charge >= 0.3 is 0 Å². The topological polar surface area (TPSA) is 20.3 Å². The Morgan fingerprint density at radius 1 is 1.31 bits per heavy atom. The first-order valence-electron chi connectivity index (χ1n) is 4.69. The fourth-order valence-electron chi connectivity index (χ4n) is 1.87. The third-order valence-electron chi connectivity index (χ3n) is 2.54. The van der Waals surface area contributed by atoms with E-state index in [1.807, 2.05) is 18.2 Å².